The van der Waals surface area contributed by atoms with E-state index in [1.165, 1.54) is 18.2 Å². The summed E-state index contributed by atoms with van der Waals surface area (Å²) in [6, 6.07) is 20.6. The first-order valence-corrected chi connectivity index (χ1v) is 13.8. The highest BCUT2D eigenvalue weighted by molar-refractivity contribution is 7.79. The van der Waals surface area contributed by atoms with Crippen LogP contribution >= 0.6 is 0 Å². The van der Waals surface area contributed by atoms with E-state index in [9.17, 15) is 9.59 Å². The van der Waals surface area contributed by atoms with Crippen LogP contribution < -0.4 is 0 Å². The van der Waals surface area contributed by atoms with E-state index in [1.807, 2.05) is 43.3 Å². The van der Waals surface area contributed by atoms with Crippen LogP contribution in [0.3, 0.4) is 0 Å². The van der Waals surface area contributed by atoms with Gasteiger partial charge in [0.15, 0.2) is 0 Å². The number of ether oxygens (including phenoxy) is 1. The summed E-state index contributed by atoms with van der Waals surface area (Å²) in [7, 11) is -3.20. The molecule has 0 saturated carbocycles. The molecule has 0 amide bonds. The van der Waals surface area contributed by atoms with Gasteiger partial charge >= 0.3 is 22.3 Å². The normalized spacial score (nSPS) is 23.5. The summed E-state index contributed by atoms with van der Waals surface area (Å²) < 4.78 is 36.4. The van der Waals surface area contributed by atoms with Crippen LogP contribution in [0.4, 0.5) is 0 Å². The minimum atomic E-state index is -4.67. The molecule has 11 heteroatoms. The van der Waals surface area contributed by atoms with Gasteiger partial charge in [-0.25, -0.2) is 0 Å². The van der Waals surface area contributed by atoms with E-state index >= 15 is 0 Å². The van der Waals surface area contributed by atoms with Crippen LogP contribution in [0.2, 0.25) is 0 Å². The van der Waals surface area contributed by atoms with Crippen LogP contribution in [-0.4, -0.2) is 77.7 Å². The maximum absolute atomic E-state index is 11.6. The Labute approximate surface area is 224 Å². The van der Waals surface area contributed by atoms with Crippen LogP contribution in [0.15, 0.2) is 60.7 Å². The fraction of sp³-hybridized carbons (Fsp3) is 0.481. The fourth-order valence-electron chi connectivity index (χ4n) is 4.86. The number of benzene rings is 2. The summed E-state index contributed by atoms with van der Waals surface area (Å²) in [5.41, 5.74) is 2.55. The summed E-state index contributed by atoms with van der Waals surface area (Å²) >= 11 is 0. The average Bonchev–Trinajstić information content (AvgIpc) is 3.40. The Kier molecular flexibility index (Phi) is 12.3. The Morgan fingerprint density at radius 3 is 1.50 bits per heavy atom. The lowest BCUT2D eigenvalue weighted by atomic mass is 9.99. The molecule has 10 nitrogen and oxygen atoms in total. The molecule has 210 valence electrons. The molecule has 2 heterocycles. The third kappa shape index (κ3) is 11.3. The topological polar surface area (TPSA) is 145 Å². The minimum absolute atomic E-state index is 0.0312. The van der Waals surface area contributed by atoms with Crippen LogP contribution in [0.25, 0.3) is 0 Å². The number of rotatable bonds is 6. The molecular weight excluding hydrogens is 512 g/mol. The second-order valence-corrected chi connectivity index (χ2v) is 10.7. The number of hydrogen-bond acceptors (Lipinski definition) is 7. The summed E-state index contributed by atoms with van der Waals surface area (Å²) in [6.45, 7) is 9.23. The molecule has 0 aliphatic carbocycles. The van der Waals surface area contributed by atoms with E-state index in [-0.39, 0.29) is 23.7 Å². The van der Waals surface area contributed by atoms with Crippen molar-refractivity contribution in [2.75, 3.05) is 33.3 Å². The molecule has 0 aromatic heterocycles. The standard InChI is InChI=1S/C14H19NO2.C13H17NO2.H2O4S/c1-11-8-15(10-13(11)14(16)17-2)9-12-6-4-3-5-7-12;1-10-7-14(9-12(10)13(15)16)8-11-5-3-2-4-6-11;1-5(2,3)4/h3-7,11,13H,8-10H2,1-2H3;2-6,10,12H,7-9H2,1H3,(H,15,16);(H2,1,2,3,4)/t11-,13-;10-,12-;/m11./s1. The van der Waals surface area contributed by atoms with Gasteiger partial charge < -0.3 is 9.84 Å². The SMILES string of the molecule is COC(=O)[C@@H]1CN(Cc2ccccc2)C[C@H]1C.C[C@@H]1CN(Cc2ccccc2)C[C@H]1C(=O)O.O=S(=O)(O)O. The van der Waals surface area contributed by atoms with Crippen molar-refractivity contribution in [2.24, 2.45) is 23.7 Å². The quantitative estimate of drug-likeness (QED) is 0.362. The Morgan fingerprint density at radius 1 is 0.789 bits per heavy atom. The van der Waals surface area contributed by atoms with Gasteiger partial charge in [-0.15, -0.1) is 0 Å². The zero-order valence-electron chi connectivity index (χ0n) is 22.0. The molecule has 0 radical (unpaired) electrons. The van der Waals surface area contributed by atoms with Gasteiger partial charge in [0.05, 0.1) is 18.9 Å². The highest BCUT2D eigenvalue weighted by Crippen LogP contribution is 2.26. The molecule has 3 N–H and O–H groups in total. The largest absolute Gasteiger partial charge is 0.481 e. The molecule has 0 bridgehead atoms. The van der Waals surface area contributed by atoms with E-state index in [1.54, 1.807) is 0 Å². The molecule has 4 atom stereocenters. The average molecular weight is 551 g/mol. The molecule has 2 saturated heterocycles. The first kappa shape index (κ1) is 31.4. The zero-order chi connectivity index (χ0) is 28.3. The molecule has 2 aromatic rings. The first-order chi connectivity index (χ1) is 17.9. The van der Waals surface area contributed by atoms with Gasteiger partial charge in [-0.3, -0.25) is 28.5 Å². The molecule has 2 aromatic carbocycles. The van der Waals surface area contributed by atoms with Gasteiger partial charge in [0.2, 0.25) is 0 Å². The number of aliphatic carboxylic acids is 1. The second-order valence-electron chi connectivity index (χ2n) is 9.84. The molecule has 38 heavy (non-hydrogen) atoms. The summed E-state index contributed by atoms with van der Waals surface area (Å²) in [5.74, 6) is -0.282. The maximum Gasteiger partial charge on any atom is 0.394 e. The molecule has 4 rings (SSSR count). The summed E-state index contributed by atoms with van der Waals surface area (Å²) in [4.78, 5) is 27.1. The predicted octanol–water partition coefficient (Wildman–Crippen LogP) is 3.11. The van der Waals surface area contributed by atoms with Crippen molar-refractivity contribution >= 4 is 22.3 Å². The predicted molar refractivity (Wildman–Crippen MR) is 143 cm³/mol. The highest BCUT2D eigenvalue weighted by atomic mass is 32.3. The lowest BCUT2D eigenvalue weighted by molar-refractivity contribution is -0.146. The highest BCUT2D eigenvalue weighted by Gasteiger charge is 2.35. The first-order valence-electron chi connectivity index (χ1n) is 12.4. The molecular formula is C27H38N2O8S. The summed E-state index contributed by atoms with van der Waals surface area (Å²) in [6.07, 6.45) is 0. The van der Waals surface area contributed by atoms with Crippen molar-refractivity contribution in [3.05, 3.63) is 71.8 Å². The molecule has 0 spiro atoms. The van der Waals surface area contributed by atoms with Gasteiger partial charge in [-0.1, -0.05) is 74.5 Å². The van der Waals surface area contributed by atoms with Gasteiger partial charge in [0.1, 0.15) is 0 Å². The van der Waals surface area contributed by atoms with Crippen molar-refractivity contribution in [3.63, 3.8) is 0 Å². The number of likely N-dealkylation sites (tertiary alicyclic amines) is 2. The molecule has 2 fully saturated rings. The van der Waals surface area contributed by atoms with Crippen LogP contribution in [-0.2, 0) is 37.8 Å². The number of nitrogens with zero attached hydrogens (tertiary/aromatic N) is 2. The molecule has 0 unspecified atom stereocenters. The Hall–Kier alpha value is -2.83. The number of hydrogen-bond donors (Lipinski definition) is 3. The van der Waals surface area contributed by atoms with Gasteiger partial charge in [-0.2, -0.15) is 8.42 Å². The van der Waals surface area contributed by atoms with E-state index in [0.29, 0.717) is 12.5 Å². The van der Waals surface area contributed by atoms with Gasteiger partial charge in [0, 0.05) is 39.3 Å². The van der Waals surface area contributed by atoms with Crippen molar-refractivity contribution in [1.29, 1.82) is 0 Å². The van der Waals surface area contributed by atoms with Gasteiger partial charge in [-0.05, 0) is 23.0 Å². The third-order valence-electron chi connectivity index (χ3n) is 6.70. The smallest absolute Gasteiger partial charge is 0.394 e. The fourth-order valence-corrected chi connectivity index (χ4v) is 4.86. The van der Waals surface area contributed by atoms with Crippen molar-refractivity contribution in [1.82, 2.24) is 9.80 Å². The molecule has 2 aliphatic rings. The number of carboxylic acid groups (broad SMARTS) is 1. The minimum Gasteiger partial charge on any atom is -0.481 e. The van der Waals surface area contributed by atoms with E-state index < -0.39 is 16.4 Å². The lowest BCUT2D eigenvalue weighted by Crippen LogP contribution is -2.24. The number of carboxylic acids is 1. The lowest BCUT2D eigenvalue weighted by Gasteiger charge is -2.15. The van der Waals surface area contributed by atoms with Crippen molar-refractivity contribution in [2.45, 2.75) is 26.9 Å². The van der Waals surface area contributed by atoms with Crippen LogP contribution in [0, 0.1) is 23.7 Å². The van der Waals surface area contributed by atoms with E-state index in [2.05, 4.69) is 41.0 Å². The van der Waals surface area contributed by atoms with Crippen LogP contribution in [0.1, 0.15) is 25.0 Å². The van der Waals surface area contributed by atoms with Crippen molar-refractivity contribution in [3.8, 4) is 0 Å². The Bertz CT molecular complexity index is 1110. The second kappa shape index (κ2) is 14.9. The molecule has 2 aliphatic heterocycles. The van der Waals surface area contributed by atoms with Gasteiger partial charge in [0.25, 0.3) is 0 Å². The maximum atomic E-state index is 11.6. The Balaban J connectivity index is 0.000000228. The summed E-state index contributed by atoms with van der Waals surface area (Å²) in [5, 5.41) is 9.04. The van der Waals surface area contributed by atoms with Crippen molar-refractivity contribution < 1.29 is 37.0 Å². The van der Waals surface area contributed by atoms with E-state index in [0.717, 1.165) is 32.7 Å². The monoisotopic (exact) mass is 550 g/mol. The van der Waals surface area contributed by atoms with Crippen LogP contribution in [0.5, 0.6) is 0 Å². The Morgan fingerprint density at radius 2 is 1.16 bits per heavy atom. The number of carbonyl (C=O) groups is 2. The third-order valence-corrected chi connectivity index (χ3v) is 6.70. The number of methoxy groups -OCH3 is 1. The van der Waals surface area contributed by atoms with E-state index in [4.69, 9.17) is 27.4 Å². The zero-order valence-corrected chi connectivity index (χ0v) is 22.8. The number of esters is 1. The number of carbonyl (C=O) groups excluding carboxylic acids is 1.